The van der Waals surface area contributed by atoms with Crippen LogP contribution in [0, 0.1) is 0 Å². The Morgan fingerprint density at radius 2 is 1.69 bits per heavy atom. The van der Waals surface area contributed by atoms with Crippen LogP contribution in [0.5, 0.6) is 17.2 Å². The molecule has 0 fully saturated rings. The Morgan fingerprint density at radius 1 is 1.02 bits per heavy atom. The Morgan fingerprint density at radius 3 is 2.29 bits per heavy atom. The molecule has 222 valence electrons. The van der Waals surface area contributed by atoms with Crippen molar-refractivity contribution in [2.24, 2.45) is 0 Å². The molecule has 0 aliphatic carbocycles. The summed E-state index contributed by atoms with van der Waals surface area (Å²) >= 11 is 5.22. The fraction of sp³-hybridized carbons (Fsp3) is 0.250. The number of carbonyl (C=O) groups excluding carboxylic acids is 1. The van der Waals surface area contributed by atoms with Gasteiger partial charge in [0, 0.05) is 5.57 Å². The lowest BCUT2D eigenvalue weighted by Gasteiger charge is -2.21. The molecule has 0 bridgehead atoms. The van der Waals surface area contributed by atoms with Gasteiger partial charge in [-0.2, -0.15) is 0 Å². The van der Waals surface area contributed by atoms with Gasteiger partial charge in [-0.3, -0.25) is 9.69 Å². The smallest absolute Gasteiger partial charge is 0.511 e. The normalized spacial score (nSPS) is 12.8. The van der Waals surface area contributed by atoms with Crippen molar-refractivity contribution in [3.63, 3.8) is 0 Å². The standard InChI is InChI=1S/C32H32F3NO5S/c1-5-27(37)19-36(23(4)42)31(38)21(2)17-25-13-16-29(30(18-25)40-22(3)26-9-7-6-8-10-26)39-20-24-11-14-28(15-12-24)41-32(33,34)35/h5-18,22,37H,19-20H2,1-4H3/b21-17+,27-5?. The van der Waals surface area contributed by atoms with Crippen LogP contribution in [-0.2, 0) is 11.4 Å². The highest BCUT2D eigenvalue weighted by Gasteiger charge is 2.31. The number of amides is 1. The second-order valence-electron chi connectivity index (χ2n) is 9.38. The molecule has 3 aromatic rings. The minimum Gasteiger partial charge on any atom is -0.511 e. The third kappa shape index (κ3) is 9.66. The lowest BCUT2D eigenvalue weighted by molar-refractivity contribution is -0.274. The van der Waals surface area contributed by atoms with Gasteiger partial charge in [0.15, 0.2) is 11.5 Å². The topological polar surface area (TPSA) is 68.2 Å². The zero-order valence-corrected chi connectivity index (χ0v) is 24.5. The van der Waals surface area contributed by atoms with Gasteiger partial charge < -0.3 is 19.3 Å². The summed E-state index contributed by atoms with van der Waals surface area (Å²) in [7, 11) is 0. The molecule has 6 nitrogen and oxygen atoms in total. The Hall–Kier alpha value is -4.31. The van der Waals surface area contributed by atoms with Crippen LogP contribution in [0.25, 0.3) is 6.08 Å². The molecule has 0 radical (unpaired) electrons. The maximum absolute atomic E-state index is 13.1. The quantitative estimate of drug-likeness (QED) is 0.136. The van der Waals surface area contributed by atoms with E-state index in [4.69, 9.17) is 21.7 Å². The van der Waals surface area contributed by atoms with E-state index in [1.807, 2.05) is 37.3 Å². The second kappa shape index (κ2) is 14.5. The van der Waals surface area contributed by atoms with Crippen LogP contribution >= 0.6 is 12.2 Å². The van der Waals surface area contributed by atoms with Crippen LogP contribution in [-0.4, -0.2) is 33.8 Å². The fourth-order valence-corrected chi connectivity index (χ4v) is 4.01. The van der Waals surface area contributed by atoms with E-state index >= 15 is 0 Å². The maximum Gasteiger partial charge on any atom is 0.573 e. The second-order valence-corrected chi connectivity index (χ2v) is 9.97. The Balaban J connectivity index is 1.87. The van der Waals surface area contributed by atoms with Crippen molar-refractivity contribution in [3.05, 3.63) is 107 Å². The van der Waals surface area contributed by atoms with Crippen molar-refractivity contribution >= 4 is 29.2 Å². The highest BCUT2D eigenvalue weighted by molar-refractivity contribution is 7.80. The highest BCUT2D eigenvalue weighted by atomic mass is 32.1. The number of ether oxygens (including phenoxy) is 3. The molecule has 3 rings (SSSR count). The molecule has 1 atom stereocenters. The van der Waals surface area contributed by atoms with Crippen molar-refractivity contribution in [3.8, 4) is 17.2 Å². The molecule has 0 heterocycles. The third-order valence-corrected chi connectivity index (χ3v) is 6.31. The molecule has 10 heteroatoms. The summed E-state index contributed by atoms with van der Waals surface area (Å²) in [4.78, 5) is 14.8. The number of aliphatic hydroxyl groups excluding tert-OH is 1. The first-order valence-electron chi connectivity index (χ1n) is 13.0. The van der Waals surface area contributed by atoms with Crippen molar-refractivity contribution in [2.45, 2.75) is 46.8 Å². The Bertz CT molecular complexity index is 1440. The van der Waals surface area contributed by atoms with Gasteiger partial charge in [-0.25, -0.2) is 0 Å². The SMILES string of the molecule is CC=C(O)CN(C(=O)/C(C)=C/c1ccc(OCc2ccc(OC(F)(F)F)cc2)c(OC(C)c2ccccc2)c1)C(C)=S. The first kappa shape index (κ1) is 32.2. The van der Waals surface area contributed by atoms with Gasteiger partial charge in [-0.15, -0.1) is 13.2 Å². The van der Waals surface area contributed by atoms with Crippen molar-refractivity contribution < 1.29 is 37.3 Å². The number of halogens is 3. The number of aliphatic hydroxyl groups is 1. The summed E-state index contributed by atoms with van der Waals surface area (Å²) in [5.41, 5.74) is 2.61. The average molecular weight is 600 g/mol. The molecule has 0 aliphatic rings. The van der Waals surface area contributed by atoms with Gasteiger partial charge in [0.1, 0.15) is 24.2 Å². The Kier molecular flexibility index (Phi) is 11.2. The summed E-state index contributed by atoms with van der Waals surface area (Å²) in [5, 5.41) is 9.94. The summed E-state index contributed by atoms with van der Waals surface area (Å²) < 4.78 is 53.6. The molecule has 0 saturated heterocycles. The zero-order valence-electron chi connectivity index (χ0n) is 23.6. The van der Waals surface area contributed by atoms with Crippen LogP contribution in [0.4, 0.5) is 13.2 Å². The van der Waals surface area contributed by atoms with Crippen LogP contribution in [0.2, 0.25) is 0 Å². The summed E-state index contributed by atoms with van der Waals surface area (Å²) in [6, 6.07) is 20.2. The number of carbonyl (C=O) groups is 1. The van der Waals surface area contributed by atoms with Crippen LogP contribution in [0.1, 0.15) is 50.5 Å². The molecule has 1 N–H and O–H groups in total. The molecule has 0 aromatic heterocycles. The minimum atomic E-state index is -4.77. The molecule has 42 heavy (non-hydrogen) atoms. The van der Waals surface area contributed by atoms with Crippen molar-refractivity contribution in [1.29, 1.82) is 0 Å². The van der Waals surface area contributed by atoms with Crippen molar-refractivity contribution in [1.82, 2.24) is 4.90 Å². The van der Waals surface area contributed by atoms with E-state index in [0.717, 1.165) is 5.56 Å². The number of allylic oxidation sites excluding steroid dienone is 1. The van der Waals surface area contributed by atoms with E-state index in [0.29, 0.717) is 33.2 Å². The molecular formula is C32H32F3NO5S. The number of alkyl halides is 3. The molecule has 3 aromatic carbocycles. The van der Waals surface area contributed by atoms with Crippen LogP contribution < -0.4 is 14.2 Å². The first-order valence-corrected chi connectivity index (χ1v) is 13.4. The minimum absolute atomic E-state index is 0.0231. The predicted molar refractivity (Wildman–Crippen MR) is 159 cm³/mol. The summed E-state index contributed by atoms with van der Waals surface area (Å²) in [6.45, 7) is 6.86. The highest BCUT2D eigenvalue weighted by Crippen LogP contribution is 2.34. The number of benzene rings is 3. The lowest BCUT2D eigenvalue weighted by Crippen LogP contribution is -2.36. The van der Waals surface area contributed by atoms with E-state index in [1.165, 1.54) is 35.2 Å². The fourth-order valence-electron chi connectivity index (χ4n) is 3.86. The van der Waals surface area contributed by atoms with E-state index in [-0.39, 0.29) is 36.7 Å². The predicted octanol–water partition coefficient (Wildman–Crippen LogP) is 8.35. The molecule has 0 spiro atoms. The van der Waals surface area contributed by atoms with E-state index in [1.54, 1.807) is 45.0 Å². The number of hydrogen-bond donors (Lipinski definition) is 1. The summed E-state index contributed by atoms with van der Waals surface area (Å²) in [6.07, 6.45) is -1.93. The molecule has 1 amide bonds. The number of rotatable bonds is 11. The van der Waals surface area contributed by atoms with E-state index in [2.05, 4.69) is 4.74 Å². The van der Waals surface area contributed by atoms with Gasteiger partial charge in [-0.05, 0) is 80.8 Å². The maximum atomic E-state index is 13.1. The van der Waals surface area contributed by atoms with Gasteiger partial charge in [0.25, 0.3) is 5.91 Å². The van der Waals surface area contributed by atoms with E-state index in [9.17, 15) is 23.1 Å². The molecule has 1 unspecified atom stereocenters. The van der Waals surface area contributed by atoms with Gasteiger partial charge >= 0.3 is 6.36 Å². The van der Waals surface area contributed by atoms with Gasteiger partial charge in [-0.1, -0.05) is 60.7 Å². The average Bonchev–Trinajstić information content (AvgIpc) is 2.95. The largest absolute Gasteiger partial charge is 0.573 e. The van der Waals surface area contributed by atoms with Crippen LogP contribution in [0.3, 0.4) is 0 Å². The van der Waals surface area contributed by atoms with E-state index < -0.39 is 6.36 Å². The summed E-state index contributed by atoms with van der Waals surface area (Å²) in [5.74, 6) is 0.163. The number of thiocarbonyl (C=S) groups is 1. The Labute approximate surface area is 248 Å². The lowest BCUT2D eigenvalue weighted by atomic mass is 10.1. The van der Waals surface area contributed by atoms with Gasteiger partial charge in [0.2, 0.25) is 0 Å². The first-order chi connectivity index (χ1) is 19.9. The molecule has 0 saturated carbocycles. The monoisotopic (exact) mass is 599 g/mol. The zero-order chi connectivity index (χ0) is 30.9. The third-order valence-electron chi connectivity index (χ3n) is 6.09. The van der Waals surface area contributed by atoms with Crippen molar-refractivity contribution in [2.75, 3.05) is 6.54 Å². The molecule has 0 aliphatic heterocycles. The number of hydrogen-bond acceptors (Lipinski definition) is 6. The van der Waals surface area contributed by atoms with Gasteiger partial charge in [0.05, 0.1) is 11.5 Å². The number of nitrogens with zero attached hydrogens (tertiary/aromatic N) is 1. The van der Waals surface area contributed by atoms with Crippen LogP contribution in [0.15, 0.2) is 90.2 Å². The molecular weight excluding hydrogens is 567 g/mol.